The molecule has 0 saturated carbocycles. The van der Waals surface area contributed by atoms with Crippen LogP contribution in [0.1, 0.15) is 44.9 Å². The standard InChI is InChI=1S/C17H26BrNO.C2H2O4/c18-16-8-10-17(11-9-16)20-15-7-2-1-4-12-19-13-5-3-6-14-19;3-1(4)2(5)6/h8-11H,1-7,12-15H2;(H,3,4)(H,5,6). The SMILES string of the molecule is Brc1ccc(OCCCCCCN2CCCCC2)cc1.O=C(O)C(=O)O. The molecule has 1 fully saturated rings. The number of aliphatic carboxylic acids is 2. The maximum absolute atomic E-state index is 9.10. The van der Waals surface area contributed by atoms with E-state index in [-0.39, 0.29) is 0 Å². The summed E-state index contributed by atoms with van der Waals surface area (Å²) in [6, 6.07) is 8.07. The van der Waals surface area contributed by atoms with Crippen molar-refractivity contribution in [1.29, 1.82) is 0 Å². The van der Waals surface area contributed by atoms with Gasteiger partial charge in [0.05, 0.1) is 6.61 Å². The largest absolute Gasteiger partial charge is 0.494 e. The van der Waals surface area contributed by atoms with Gasteiger partial charge < -0.3 is 19.8 Å². The highest BCUT2D eigenvalue weighted by molar-refractivity contribution is 9.10. The molecule has 0 unspecified atom stereocenters. The zero-order valence-corrected chi connectivity index (χ0v) is 16.6. The quantitative estimate of drug-likeness (QED) is 0.479. The van der Waals surface area contributed by atoms with E-state index in [1.807, 2.05) is 24.3 Å². The van der Waals surface area contributed by atoms with Crippen molar-refractivity contribution in [2.24, 2.45) is 0 Å². The van der Waals surface area contributed by atoms with E-state index in [1.54, 1.807) is 0 Å². The number of rotatable bonds is 8. The van der Waals surface area contributed by atoms with Crippen LogP contribution in [0, 0.1) is 0 Å². The van der Waals surface area contributed by atoms with Crippen molar-refractivity contribution in [3.63, 3.8) is 0 Å². The third-order valence-corrected chi connectivity index (χ3v) is 4.61. The first-order valence-electron chi connectivity index (χ1n) is 9.06. The van der Waals surface area contributed by atoms with Crippen LogP contribution < -0.4 is 4.74 Å². The van der Waals surface area contributed by atoms with Gasteiger partial charge >= 0.3 is 11.9 Å². The Bertz CT molecular complexity index is 517. The summed E-state index contributed by atoms with van der Waals surface area (Å²) in [5.74, 6) is -2.67. The maximum atomic E-state index is 9.10. The first-order chi connectivity index (χ1) is 12.5. The number of nitrogens with zero attached hydrogens (tertiary/aromatic N) is 1. The van der Waals surface area contributed by atoms with Crippen molar-refractivity contribution < 1.29 is 24.5 Å². The predicted molar refractivity (Wildman–Crippen MR) is 104 cm³/mol. The lowest BCUT2D eigenvalue weighted by Gasteiger charge is -2.26. The molecule has 1 aliphatic heterocycles. The lowest BCUT2D eigenvalue weighted by molar-refractivity contribution is -0.159. The van der Waals surface area contributed by atoms with Crippen LogP contribution in [0.4, 0.5) is 0 Å². The molecule has 0 radical (unpaired) electrons. The number of carbonyl (C=O) groups is 2. The second-order valence-electron chi connectivity index (χ2n) is 6.23. The van der Waals surface area contributed by atoms with Gasteiger partial charge in [-0.2, -0.15) is 0 Å². The molecule has 1 heterocycles. The molecule has 26 heavy (non-hydrogen) atoms. The summed E-state index contributed by atoms with van der Waals surface area (Å²) < 4.78 is 6.83. The van der Waals surface area contributed by atoms with Gasteiger partial charge in [0.25, 0.3) is 0 Å². The summed E-state index contributed by atoms with van der Waals surface area (Å²) in [6.07, 6.45) is 9.37. The van der Waals surface area contributed by atoms with Gasteiger partial charge in [-0.3, -0.25) is 0 Å². The van der Waals surface area contributed by atoms with Gasteiger partial charge in [-0.05, 0) is 69.6 Å². The van der Waals surface area contributed by atoms with Gasteiger partial charge in [0.2, 0.25) is 0 Å². The van der Waals surface area contributed by atoms with E-state index >= 15 is 0 Å². The van der Waals surface area contributed by atoms with Crippen LogP contribution >= 0.6 is 15.9 Å². The summed E-state index contributed by atoms with van der Waals surface area (Å²) in [4.78, 5) is 20.8. The maximum Gasteiger partial charge on any atom is 0.414 e. The number of benzene rings is 1. The van der Waals surface area contributed by atoms with E-state index in [4.69, 9.17) is 24.5 Å². The molecular formula is C19H28BrNO5. The van der Waals surface area contributed by atoms with E-state index in [0.29, 0.717) is 0 Å². The number of unbranched alkanes of at least 4 members (excludes halogenated alkanes) is 3. The summed E-state index contributed by atoms with van der Waals surface area (Å²) in [7, 11) is 0. The summed E-state index contributed by atoms with van der Waals surface area (Å²) >= 11 is 3.43. The monoisotopic (exact) mass is 429 g/mol. The highest BCUT2D eigenvalue weighted by Crippen LogP contribution is 2.16. The number of hydrogen-bond donors (Lipinski definition) is 2. The van der Waals surface area contributed by atoms with Crippen molar-refractivity contribution in [3.8, 4) is 5.75 Å². The molecule has 0 amide bonds. The Kier molecular flexibility index (Phi) is 11.7. The van der Waals surface area contributed by atoms with Gasteiger partial charge in [-0.1, -0.05) is 35.2 Å². The zero-order chi connectivity index (χ0) is 19.2. The van der Waals surface area contributed by atoms with Gasteiger partial charge in [-0.25, -0.2) is 9.59 Å². The molecule has 0 aliphatic carbocycles. The molecule has 1 aromatic carbocycles. The minimum atomic E-state index is -1.82. The average molecular weight is 430 g/mol. The third-order valence-electron chi connectivity index (χ3n) is 4.08. The second-order valence-corrected chi connectivity index (χ2v) is 7.14. The molecule has 146 valence electrons. The highest BCUT2D eigenvalue weighted by atomic mass is 79.9. The third kappa shape index (κ3) is 11.1. The lowest BCUT2D eigenvalue weighted by atomic mass is 10.1. The van der Waals surface area contributed by atoms with E-state index < -0.39 is 11.9 Å². The number of carboxylic acids is 2. The minimum absolute atomic E-state index is 0.839. The fourth-order valence-electron chi connectivity index (χ4n) is 2.69. The normalized spacial score (nSPS) is 14.2. The summed E-state index contributed by atoms with van der Waals surface area (Å²) in [5.41, 5.74) is 0. The molecule has 0 atom stereocenters. The van der Waals surface area contributed by atoms with Gasteiger partial charge in [0.15, 0.2) is 0 Å². The van der Waals surface area contributed by atoms with E-state index in [1.165, 1.54) is 58.2 Å². The Hall–Kier alpha value is -1.60. The van der Waals surface area contributed by atoms with Crippen molar-refractivity contribution in [2.45, 2.75) is 44.9 Å². The Labute approximate surface area is 163 Å². The molecule has 0 spiro atoms. The van der Waals surface area contributed by atoms with Crippen LogP contribution in [-0.4, -0.2) is 53.3 Å². The average Bonchev–Trinajstić information content (AvgIpc) is 2.64. The van der Waals surface area contributed by atoms with Crippen LogP contribution in [-0.2, 0) is 9.59 Å². The fourth-order valence-corrected chi connectivity index (χ4v) is 2.96. The Morgan fingerprint density at radius 3 is 2.08 bits per heavy atom. The van der Waals surface area contributed by atoms with Crippen LogP contribution in [0.3, 0.4) is 0 Å². The number of hydrogen-bond acceptors (Lipinski definition) is 4. The molecule has 1 aromatic rings. The number of halogens is 1. The smallest absolute Gasteiger partial charge is 0.414 e. The molecule has 0 aromatic heterocycles. The van der Waals surface area contributed by atoms with Crippen molar-refractivity contribution in [3.05, 3.63) is 28.7 Å². The second kappa shape index (κ2) is 13.6. The van der Waals surface area contributed by atoms with Crippen LogP contribution in [0.25, 0.3) is 0 Å². The van der Waals surface area contributed by atoms with Crippen molar-refractivity contribution >= 4 is 27.9 Å². The number of piperidine rings is 1. The van der Waals surface area contributed by atoms with Gasteiger partial charge in [0.1, 0.15) is 5.75 Å². The minimum Gasteiger partial charge on any atom is -0.494 e. The highest BCUT2D eigenvalue weighted by Gasteiger charge is 2.08. The summed E-state index contributed by atoms with van der Waals surface area (Å²) in [5, 5.41) is 14.8. The Morgan fingerprint density at radius 2 is 1.50 bits per heavy atom. The molecule has 2 rings (SSSR count). The van der Waals surface area contributed by atoms with Crippen LogP contribution in [0.5, 0.6) is 5.75 Å². The van der Waals surface area contributed by atoms with Gasteiger partial charge in [0, 0.05) is 4.47 Å². The Morgan fingerprint density at radius 1 is 0.923 bits per heavy atom. The molecule has 2 N–H and O–H groups in total. The number of likely N-dealkylation sites (tertiary alicyclic amines) is 1. The van der Waals surface area contributed by atoms with Crippen LogP contribution in [0.15, 0.2) is 28.7 Å². The molecule has 6 nitrogen and oxygen atoms in total. The first-order valence-corrected chi connectivity index (χ1v) is 9.85. The Balaban J connectivity index is 0.000000487. The van der Waals surface area contributed by atoms with Crippen molar-refractivity contribution in [2.75, 3.05) is 26.2 Å². The fraction of sp³-hybridized carbons (Fsp3) is 0.579. The number of carboxylic acid groups (broad SMARTS) is 2. The summed E-state index contributed by atoms with van der Waals surface area (Å²) in [6.45, 7) is 4.79. The van der Waals surface area contributed by atoms with E-state index in [9.17, 15) is 0 Å². The zero-order valence-electron chi connectivity index (χ0n) is 15.0. The molecule has 0 bridgehead atoms. The van der Waals surface area contributed by atoms with E-state index in [2.05, 4.69) is 20.8 Å². The molecular weight excluding hydrogens is 402 g/mol. The molecule has 7 heteroatoms. The van der Waals surface area contributed by atoms with E-state index in [0.717, 1.165) is 23.2 Å². The predicted octanol–water partition coefficient (Wildman–Crippen LogP) is 4.03. The number of ether oxygens (including phenoxy) is 1. The lowest BCUT2D eigenvalue weighted by Crippen LogP contribution is -2.30. The molecule has 1 aliphatic rings. The van der Waals surface area contributed by atoms with Gasteiger partial charge in [-0.15, -0.1) is 0 Å². The molecule has 1 saturated heterocycles. The van der Waals surface area contributed by atoms with Crippen LogP contribution in [0.2, 0.25) is 0 Å². The first kappa shape index (κ1) is 22.4. The van der Waals surface area contributed by atoms with Crippen molar-refractivity contribution in [1.82, 2.24) is 4.90 Å². The topological polar surface area (TPSA) is 87.1 Å².